The van der Waals surface area contributed by atoms with E-state index in [1.54, 1.807) is 30.1 Å². The molecule has 0 spiro atoms. The molecule has 0 saturated carbocycles. The van der Waals surface area contributed by atoms with Crippen molar-refractivity contribution in [3.05, 3.63) is 46.9 Å². The number of aryl methyl sites for hydroxylation is 1. The van der Waals surface area contributed by atoms with Gasteiger partial charge in [-0.15, -0.1) is 0 Å². The molecule has 0 bridgehead atoms. The number of fused-ring (bicyclic) bond motifs is 1. The number of hydrogen-bond donors (Lipinski definition) is 0. The largest absolute Gasteiger partial charge is 0.464 e. The molecule has 0 radical (unpaired) electrons. The SMILES string of the molecule is Cc1ccc(CN(C)C(=O)CSc2nc3cc(Cl)ccc3o2)o1. The molecule has 5 nitrogen and oxygen atoms in total. The molecule has 0 aliphatic rings. The minimum Gasteiger partial charge on any atom is -0.464 e. The summed E-state index contributed by atoms with van der Waals surface area (Å²) in [5, 5.41) is 1.06. The maximum atomic E-state index is 12.2. The summed E-state index contributed by atoms with van der Waals surface area (Å²) in [6, 6.07) is 9.00. The first-order chi connectivity index (χ1) is 11.0. The molecule has 120 valence electrons. The van der Waals surface area contributed by atoms with E-state index in [0.717, 1.165) is 11.5 Å². The molecule has 3 aromatic rings. The minimum absolute atomic E-state index is 0.0238. The molecule has 1 aromatic carbocycles. The molecule has 7 heteroatoms. The Morgan fingerprint density at radius 2 is 2.13 bits per heavy atom. The van der Waals surface area contributed by atoms with Crippen molar-refractivity contribution in [1.29, 1.82) is 0 Å². The zero-order valence-electron chi connectivity index (χ0n) is 12.7. The van der Waals surface area contributed by atoms with E-state index in [9.17, 15) is 4.79 Å². The van der Waals surface area contributed by atoms with Crippen LogP contribution >= 0.6 is 23.4 Å². The minimum atomic E-state index is -0.0238. The second kappa shape index (κ2) is 6.68. The van der Waals surface area contributed by atoms with Crippen LogP contribution in [0.25, 0.3) is 11.1 Å². The summed E-state index contributed by atoms with van der Waals surface area (Å²) in [7, 11) is 1.74. The van der Waals surface area contributed by atoms with Gasteiger partial charge in [0.05, 0.1) is 12.3 Å². The first kappa shape index (κ1) is 16.0. The Morgan fingerprint density at radius 3 is 2.87 bits per heavy atom. The van der Waals surface area contributed by atoms with Crippen molar-refractivity contribution in [2.24, 2.45) is 0 Å². The summed E-state index contributed by atoms with van der Waals surface area (Å²) in [5.74, 6) is 1.82. The lowest BCUT2D eigenvalue weighted by Crippen LogP contribution is -2.27. The first-order valence-electron chi connectivity index (χ1n) is 6.99. The first-order valence-corrected chi connectivity index (χ1v) is 8.36. The molecule has 0 saturated heterocycles. The smallest absolute Gasteiger partial charge is 0.257 e. The maximum Gasteiger partial charge on any atom is 0.257 e. The molecular formula is C16H15ClN2O3S. The lowest BCUT2D eigenvalue weighted by Gasteiger charge is -2.14. The lowest BCUT2D eigenvalue weighted by atomic mass is 10.3. The van der Waals surface area contributed by atoms with Gasteiger partial charge >= 0.3 is 0 Å². The topological polar surface area (TPSA) is 59.5 Å². The molecule has 2 aromatic heterocycles. The van der Waals surface area contributed by atoms with Gasteiger partial charge in [0.2, 0.25) is 5.91 Å². The van der Waals surface area contributed by atoms with Crippen molar-refractivity contribution >= 4 is 40.4 Å². The van der Waals surface area contributed by atoms with Gasteiger partial charge in [-0.25, -0.2) is 4.98 Å². The molecule has 1 amide bonds. The van der Waals surface area contributed by atoms with E-state index in [4.69, 9.17) is 20.4 Å². The van der Waals surface area contributed by atoms with Gasteiger partial charge in [0.25, 0.3) is 5.22 Å². The number of aromatic nitrogens is 1. The van der Waals surface area contributed by atoms with Crippen molar-refractivity contribution in [3.8, 4) is 0 Å². The highest BCUT2D eigenvalue weighted by Gasteiger charge is 2.14. The summed E-state index contributed by atoms with van der Waals surface area (Å²) in [5.41, 5.74) is 1.34. The Morgan fingerprint density at radius 1 is 1.30 bits per heavy atom. The highest BCUT2D eigenvalue weighted by molar-refractivity contribution is 7.99. The number of carbonyl (C=O) groups is 1. The van der Waals surface area contributed by atoms with E-state index < -0.39 is 0 Å². The van der Waals surface area contributed by atoms with Crippen molar-refractivity contribution in [2.75, 3.05) is 12.8 Å². The van der Waals surface area contributed by atoms with Gasteiger partial charge in [0.15, 0.2) is 5.58 Å². The third-order valence-electron chi connectivity index (χ3n) is 3.26. The van der Waals surface area contributed by atoms with Crippen LogP contribution in [0.4, 0.5) is 0 Å². The summed E-state index contributed by atoms with van der Waals surface area (Å²) in [6.07, 6.45) is 0. The molecule has 0 unspecified atom stereocenters. The van der Waals surface area contributed by atoms with Crippen LogP contribution < -0.4 is 0 Å². The standard InChI is InChI=1S/C16H15ClN2O3S/c1-10-3-5-12(21-10)8-19(2)15(20)9-23-16-18-13-7-11(17)4-6-14(13)22-16/h3-7H,8-9H2,1-2H3. The van der Waals surface area contributed by atoms with Crippen LogP contribution in [-0.4, -0.2) is 28.6 Å². The van der Waals surface area contributed by atoms with Gasteiger partial charge in [-0.2, -0.15) is 0 Å². The quantitative estimate of drug-likeness (QED) is 0.647. The predicted octanol–water partition coefficient (Wildman–Crippen LogP) is 4.13. The van der Waals surface area contributed by atoms with Crippen molar-refractivity contribution in [3.63, 3.8) is 0 Å². The van der Waals surface area contributed by atoms with Crippen LogP contribution in [0.15, 0.2) is 44.4 Å². The molecule has 0 N–H and O–H groups in total. The van der Waals surface area contributed by atoms with Crippen LogP contribution in [0, 0.1) is 6.92 Å². The van der Waals surface area contributed by atoms with Crippen LogP contribution in [0.3, 0.4) is 0 Å². The number of nitrogens with zero attached hydrogens (tertiary/aromatic N) is 2. The monoisotopic (exact) mass is 350 g/mol. The zero-order valence-corrected chi connectivity index (χ0v) is 14.3. The summed E-state index contributed by atoms with van der Waals surface area (Å²) >= 11 is 7.18. The van der Waals surface area contributed by atoms with Crippen LogP contribution in [0.5, 0.6) is 0 Å². The lowest BCUT2D eigenvalue weighted by molar-refractivity contribution is -0.127. The number of benzene rings is 1. The van der Waals surface area contributed by atoms with Crippen LogP contribution in [0.2, 0.25) is 5.02 Å². The van der Waals surface area contributed by atoms with Crippen LogP contribution in [-0.2, 0) is 11.3 Å². The summed E-state index contributed by atoms with van der Waals surface area (Å²) < 4.78 is 11.1. The van der Waals surface area contributed by atoms with Gasteiger partial charge in [-0.05, 0) is 37.3 Å². The van der Waals surface area contributed by atoms with E-state index in [1.807, 2.05) is 19.1 Å². The number of hydrogen-bond acceptors (Lipinski definition) is 5. The molecule has 0 aliphatic heterocycles. The third-order valence-corrected chi connectivity index (χ3v) is 4.31. The fourth-order valence-corrected chi connectivity index (χ4v) is 3.01. The second-order valence-corrected chi connectivity index (χ2v) is 6.51. The zero-order chi connectivity index (χ0) is 16.4. The molecule has 0 atom stereocenters. The molecular weight excluding hydrogens is 336 g/mol. The maximum absolute atomic E-state index is 12.2. The van der Waals surface area contributed by atoms with Gasteiger partial charge in [0, 0.05) is 12.1 Å². The number of oxazole rings is 1. The average molecular weight is 351 g/mol. The highest BCUT2D eigenvalue weighted by atomic mass is 35.5. The van der Waals surface area contributed by atoms with E-state index in [2.05, 4.69) is 4.98 Å². The predicted molar refractivity (Wildman–Crippen MR) is 89.7 cm³/mol. The fraction of sp³-hybridized carbons (Fsp3) is 0.250. The second-order valence-electron chi connectivity index (χ2n) is 5.14. The fourth-order valence-electron chi connectivity index (χ4n) is 2.07. The Kier molecular flexibility index (Phi) is 4.63. The van der Waals surface area contributed by atoms with Crippen molar-refractivity contribution in [2.45, 2.75) is 18.7 Å². The summed E-state index contributed by atoms with van der Waals surface area (Å²) in [4.78, 5) is 18.1. The number of halogens is 1. The van der Waals surface area contributed by atoms with Crippen LogP contribution in [0.1, 0.15) is 11.5 Å². The van der Waals surface area contributed by atoms with E-state index in [1.165, 1.54) is 11.8 Å². The van der Waals surface area contributed by atoms with E-state index in [-0.39, 0.29) is 11.7 Å². The van der Waals surface area contributed by atoms with Gasteiger partial charge in [-0.1, -0.05) is 23.4 Å². The summed E-state index contributed by atoms with van der Waals surface area (Å²) in [6.45, 7) is 2.32. The normalized spacial score (nSPS) is 11.1. The molecule has 0 fully saturated rings. The van der Waals surface area contributed by atoms with E-state index >= 15 is 0 Å². The molecule has 3 rings (SSSR count). The Bertz CT molecular complexity index is 843. The average Bonchev–Trinajstić information content (AvgIpc) is 3.10. The Balaban J connectivity index is 1.58. The van der Waals surface area contributed by atoms with Gasteiger partial charge in [0.1, 0.15) is 17.0 Å². The number of amides is 1. The molecule has 0 aliphatic carbocycles. The number of carbonyl (C=O) groups excluding carboxylic acids is 1. The van der Waals surface area contributed by atoms with Gasteiger partial charge < -0.3 is 13.7 Å². The van der Waals surface area contributed by atoms with Crippen molar-refractivity contribution in [1.82, 2.24) is 9.88 Å². The van der Waals surface area contributed by atoms with E-state index in [0.29, 0.717) is 27.9 Å². The Labute approximate surface area is 142 Å². The number of rotatable bonds is 5. The molecule has 2 heterocycles. The van der Waals surface area contributed by atoms with Crippen molar-refractivity contribution < 1.29 is 13.6 Å². The highest BCUT2D eigenvalue weighted by Crippen LogP contribution is 2.25. The number of furan rings is 1. The third kappa shape index (κ3) is 3.89. The molecule has 23 heavy (non-hydrogen) atoms. The Hall–Kier alpha value is -1.92. The number of thioether (sulfide) groups is 1. The van der Waals surface area contributed by atoms with Gasteiger partial charge in [-0.3, -0.25) is 4.79 Å².